The fourth-order valence-electron chi connectivity index (χ4n) is 2.75. The van der Waals surface area contributed by atoms with Crippen LogP contribution >= 0.6 is 0 Å². The normalized spacial score (nSPS) is 11.6. The Hall–Kier alpha value is -3.83. The van der Waals surface area contributed by atoms with Crippen molar-refractivity contribution in [2.75, 3.05) is 12.4 Å². The summed E-state index contributed by atoms with van der Waals surface area (Å²) in [6.45, 7) is 8.85. The summed E-state index contributed by atoms with van der Waals surface area (Å²) < 4.78 is 85.5. The van der Waals surface area contributed by atoms with Crippen molar-refractivity contribution in [3.63, 3.8) is 0 Å². The topological polar surface area (TPSA) is 81.7 Å². The number of esters is 2. The number of methoxy groups -OCH3 is 1. The molecule has 0 saturated carbocycles. The van der Waals surface area contributed by atoms with Gasteiger partial charge in [0.1, 0.15) is 5.75 Å². The molecule has 45 heavy (non-hydrogen) atoms. The van der Waals surface area contributed by atoms with Crippen molar-refractivity contribution in [2.24, 2.45) is 11.3 Å². The number of hydrogen-bond donors (Lipinski definition) is 1. The van der Waals surface area contributed by atoms with Crippen LogP contribution in [0.25, 0.3) is 6.08 Å². The monoisotopic (exact) mass is 653 g/mol. The van der Waals surface area contributed by atoms with Crippen molar-refractivity contribution in [3.8, 4) is 5.75 Å². The number of ether oxygens (including phenoxy) is 2. The molecule has 0 saturated heterocycles. The summed E-state index contributed by atoms with van der Waals surface area (Å²) in [7, 11) is 1.32. The van der Waals surface area contributed by atoms with Crippen molar-refractivity contribution in [2.45, 2.75) is 89.5 Å². The first-order valence-electron chi connectivity index (χ1n) is 12.5. The van der Waals surface area contributed by atoms with E-state index in [0.29, 0.717) is 30.7 Å². The second-order valence-electron chi connectivity index (χ2n) is 9.65. The van der Waals surface area contributed by atoms with Crippen LogP contribution in [0.15, 0.2) is 48.5 Å². The zero-order chi connectivity index (χ0) is 31.6. The summed E-state index contributed by atoms with van der Waals surface area (Å²) in [5.74, 6) is -1.33. The SMILES string of the molecule is C.C.C.C.CCC(C)(C)C(=O)Oc1ccc(/C=C/C(=O)OC)cc1.CCC(C)C(=O)Nc1cc(C(F)(F)F)cc(C(F)(F)F)c1. The second-order valence-corrected chi connectivity index (χ2v) is 9.65. The van der Waals surface area contributed by atoms with Gasteiger partial charge < -0.3 is 14.8 Å². The molecule has 0 aliphatic carbocycles. The molecule has 2 aromatic carbocycles. The minimum absolute atomic E-state index is 0. The van der Waals surface area contributed by atoms with Crippen LogP contribution in [0.2, 0.25) is 0 Å². The lowest BCUT2D eigenvalue weighted by Crippen LogP contribution is -2.28. The van der Waals surface area contributed by atoms with Crippen molar-refractivity contribution >= 4 is 29.6 Å². The molecule has 1 N–H and O–H groups in total. The van der Waals surface area contributed by atoms with Crippen LogP contribution in [0.1, 0.15) is 93.9 Å². The molecule has 2 rings (SSSR count). The molecule has 12 heteroatoms. The van der Waals surface area contributed by atoms with Gasteiger partial charge >= 0.3 is 24.3 Å². The number of rotatable bonds is 8. The molecule has 0 radical (unpaired) electrons. The van der Waals surface area contributed by atoms with Gasteiger partial charge in [0.25, 0.3) is 0 Å². The maximum atomic E-state index is 12.6. The summed E-state index contributed by atoms with van der Waals surface area (Å²) in [6.07, 6.45) is -5.77. The minimum Gasteiger partial charge on any atom is -0.466 e. The van der Waals surface area contributed by atoms with Crippen LogP contribution in [0.3, 0.4) is 0 Å². The lowest BCUT2D eigenvalue weighted by atomic mass is 9.91. The molecule has 0 spiro atoms. The van der Waals surface area contributed by atoms with Gasteiger partial charge in [-0.15, -0.1) is 0 Å². The van der Waals surface area contributed by atoms with Gasteiger partial charge in [0.05, 0.1) is 23.7 Å². The predicted molar refractivity (Wildman–Crippen MR) is 169 cm³/mol. The first kappa shape index (κ1) is 48.1. The van der Waals surface area contributed by atoms with Crippen LogP contribution in [-0.4, -0.2) is 25.0 Å². The minimum atomic E-state index is -4.93. The van der Waals surface area contributed by atoms with Gasteiger partial charge in [-0.1, -0.05) is 62.6 Å². The maximum Gasteiger partial charge on any atom is 0.416 e. The lowest BCUT2D eigenvalue weighted by Gasteiger charge is -2.20. The van der Waals surface area contributed by atoms with E-state index < -0.39 is 52.4 Å². The Balaban J connectivity index is -0.000000343. The average molecular weight is 654 g/mol. The fourth-order valence-corrected chi connectivity index (χ4v) is 2.75. The Morgan fingerprint density at radius 3 is 1.69 bits per heavy atom. The van der Waals surface area contributed by atoms with E-state index in [1.807, 2.05) is 20.8 Å². The van der Waals surface area contributed by atoms with Crippen LogP contribution in [0, 0.1) is 11.3 Å². The van der Waals surface area contributed by atoms with E-state index in [-0.39, 0.29) is 41.7 Å². The zero-order valence-electron chi connectivity index (χ0n) is 23.5. The first-order valence-corrected chi connectivity index (χ1v) is 12.5. The van der Waals surface area contributed by atoms with Gasteiger partial charge in [-0.2, -0.15) is 26.3 Å². The molecule has 258 valence electrons. The van der Waals surface area contributed by atoms with Gasteiger partial charge in [-0.25, -0.2) is 4.79 Å². The number of halogens is 6. The number of amides is 1. The predicted octanol–water partition coefficient (Wildman–Crippen LogP) is 10.5. The number of carbonyl (C=O) groups is 3. The van der Waals surface area contributed by atoms with Gasteiger partial charge in [0, 0.05) is 17.7 Å². The largest absolute Gasteiger partial charge is 0.466 e. The van der Waals surface area contributed by atoms with Crippen molar-refractivity contribution in [3.05, 3.63) is 65.2 Å². The molecule has 1 unspecified atom stereocenters. The highest BCUT2D eigenvalue weighted by Gasteiger charge is 2.37. The van der Waals surface area contributed by atoms with Crippen molar-refractivity contribution < 1.29 is 50.2 Å². The van der Waals surface area contributed by atoms with Crippen LogP contribution in [0.4, 0.5) is 32.0 Å². The van der Waals surface area contributed by atoms with Crippen LogP contribution < -0.4 is 10.1 Å². The first-order chi connectivity index (χ1) is 18.8. The Morgan fingerprint density at radius 1 is 0.844 bits per heavy atom. The molecule has 0 aromatic heterocycles. The molecule has 1 atom stereocenters. The number of benzene rings is 2. The van der Waals surface area contributed by atoms with E-state index in [4.69, 9.17) is 4.74 Å². The number of carbonyl (C=O) groups excluding carboxylic acids is 3. The molecular formula is C33H49F6NO5. The molecule has 0 heterocycles. The lowest BCUT2D eigenvalue weighted by molar-refractivity contribution is -0.144. The number of nitrogens with one attached hydrogen (secondary N) is 1. The highest BCUT2D eigenvalue weighted by molar-refractivity contribution is 5.92. The summed E-state index contributed by atoms with van der Waals surface area (Å²) in [5.41, 5.74) is -3.12. The molecule has 0 aliphatic heterocycles. The Kier molecular flexibility index (Phi) is 21.6. The highest BCUT2D eigenvalue weighted by atomic mass is 19.4. The molecule has 0 bridgehead atoms. The van der Waals surface area contributed by atoms with Gasteiger partial charge in [-0.05, 0) is 68.7 Å². The van der Waals surface area contributed by atoms with E-state index in [9.17, 15) is 40.7 Å². The molecule has 6 nitrogen and oxygen atoms in total. The quantitative estimate of drug-likeness (QED) is 0.133. The maximum absolute atomic E-state index is 12.6. The smallest absolute Gasteiger partial charge is 0.416 e. The third kappa shape index (κ3) is 16.2. The van der Waals surface area contributed by atoms with E-state index in [1.165, 1.54) is 20.1 Å². The van der Waals surface area contributed by atoms with Gasteiger partial charge in [0.15, 0.2) is 0 Å². The molecule has 0 aliphatic rings. The number of anilines is 1. The number of alkyl halides is 6. The number of hydrogen-bond acceptors (Lipinski definition) is 5. The third-order valence-corrected chi connectivity index (χ3v) is 6.06. The van der Waals surface area contributed by atoms with Gasteiger partial charge in [0.2, 0.25) is 5.91 Å². The Bertz CT molecular complexity index is 1190. The molecule has 2 aromatic rings. The molecule has 1 amide bonds. The van der Waals surface area contributed by atoms with Crippen LogP contribution in [0.5, 0.6) is 5.75 Å². The van der Waals surface area contributed by atoms with E-state index in [1.54, 1.807) is 37.3 Å². The summed E-state index contributed by atoms with van der Waals surface area (Å²) >= 11 is 0. The van der Waals surface area contributed by atoms with E-state index in [2.05, 4.69) is 10.1 Å². The fraction of sp³-hybridized carbons (Fsp3) is 0.485. The van der Waals surface area contributed by atoms with E-state index >= 15 is 0 Å². The standard InChI is InChI=1S/C16H20O4.C13H13F6NO.4CH4/c1-5-16(2,3)15(18)20-13-9-6-12(7-10-13)8-11-14(17)19-4;1-3-7(2)11(21)20-10-5-8(12(14,15)16)4-9(6-10)13(17,18)19;;;;/h6-11H,5H2,1-4H3;4-7H,3H2,1-2H3,(H,20,21);4*1H4/b11-8+;;;;;. The second kappa shape index (κ2) is 20.2. The summed E-state index contributed by atoms with van der Waals surface area (Å²) in [6, 6.07) is 7.90. The molecule has 0 fully saturated rings. The van der Waals surface area contributed by atoms with Crippen molar-refractivity contribution in [1.29, 1.82) is 0 Å². The Labute approximate surface area is 264 Å². The summed E-state index contributed by atoms with van der Waals surface area (Å²) in [4.78, 5) is 34.5. The third-order valence-electron chi connectivity index (χ3n) is 6.06. The van der Waals surface area contributed by atoms with Crippen LogP contribution in [-0.2, 0) is 31.5 Å². The Morgan fingerprint density at radius 2 is 1.31 bits per heavy atom. The molecular weight excluding hydrogens is 604 g/mol. The van der Waals surface area contributed by atoms with Gasteiger partial charge in [-0.3, -0.25) is 9.59 Å². The zero-order valence-corrected chi connectivity index (χ0v) is 23.5. The van der Waals surface area contributed by atoms with Crippen molar-refractivity contribution in [1.82, 2.24) is 0 Å². The summed E-state index contributed by atoms with van der Waals surface area (Å²) in [5, 5.41) is 2.08. The highest BCUT2D eigenvalue weighted by Crippen LogP contribution is 2.37. The van der Waals surface area contributed by atoms with E-state index in [0.717, 1.165) is 5.56 Å². The average Bonchev–Trinajstić information content (AvgIpc) is 2.91.